The van der Waals surface area contributed by atoms with Crippen LogP contribution in [0.1, 0.15) is 49.7 Å². The van der Waals surface area contributed by atoms with E-state index in [4.69, 9.17) is 9.47 Å². The standard InChI is InChI=1S/C21H26BrNO3/c1-5-25-18-12-11-15(13-19(18)26-6-2)20(14(3)4)23-21(24)16-9-7-8-10-17(16)22/h7-14,20H,5-6H2,1-4H3,(H,23,24). The van der Waals surface area contributed by atoms with Crippen molar-refractivity contribution in [3.8, 4) is 11.5 Å². The van der Waals surface area contributed by atoms with Gasteiger partial charge in [-0.25, -0.2) is 0 Å². The molecule has 2 aromatic rings. The minimum atomic E-state index is -0.135. The fraction of sp³-hybridized carbons (Fsp3) is 0.381. The van der Waals surface area contributed by atoms with E-state index in [0.29, 0.717) is 24.5 Å². The second-order valence-corrected chi connectivity index (χ2v) is 7.10. The summed E-state index contributed by atoms with van der Waals surface area (Å²) in [5, 5.41) is 3.15. The zero-order chi connectivity index (χ0) is 19.1. The van der Waals surface area contributed by atoms with Crippen molar-refractivity contribution in [3.05, 3.63) is 58.1 Å². The van der Waals surface area contributed by atoms with Gasteiger partial charge in [-0.2, -0.15) is 0 Å². The third-order valence-corrected chi connectivity index (χ3v) is 4.69. The molecule has 4 nitrogen and oxygen atoms in total. The number of ether oxygens (including phenoxy) is 2. The number of carbonyl (C=O) groups is 1. The predicted octanol–water partition coefficient (Wildman–Crippen LogP) is 5.37. The van der Waals surface area contributed by atoms with Gasteiger partial charge in [-0.15, -0.1) is 0 Å². The summed E-state index contributed by atoms with van der Waals surface area (Å²) in [4.78, 5) is 12.7. The van der Waals surface area contributed by atoms with Crippen LogP contribution >= 0.6 is 15.9 Å². The molecule has 140 valence electrons. The van der Waals surface area contributed by atoms with E-state index >= 15 is 0 Å². The Hall–Kier alpha value is -2.01. The largest absolute Gasteiger partial charge is 0.490 e. The van der Waals surface area contributed by atoms with E-state index in [1.807, 2.05) is 50.2 Å². The highest BCUT2D eigenvalue weighted by Gasteiger charge is 2.21. The van der Waals surface area contributed by atoms with Gasteiger partial charge in [0, 0.05) is 4.47 Å². The molecule has 0 saturated carbocycles. The molecule has 26 heavy (non-hydrogen) atoms. The third kappa shape index (κ3) is 5.01. The van der Waals surface area contributed by atoms with E-state index < -0.39 is 0 Å². The van der Waals surface area contributed by atoms with Crippen LogP contribution in [0.15, 0.2) is 46.9 Å². The molecule has 0 aliphatic heterocycles. The van der Waals surface area contributed by atoms with E-state index in [1.165, 1.54) is 0 Å². The van der Waals surface area contributed by atoms with Crippen LogP contribution in [-0.4, -0.2) is 19.1 Å². The monoisotopic (exact) mass is 419 g/mol. The number of hydrogen-bond acceptors (Lipinski definition) is 3. The Kier molecular flexibility index (Phi) is 7.51. The van der Waals surface area contributed by atoms with Crippen molar-refractivity contribution < 1.29 is 14.3 Å². The topological polar surface area (TPSA) is 47.6 Å². The van der Waals surface area contributed by atoms with Crippen LogP contribution < -0.4 is 14.8 Å². The third-order valence-electron chi connectivity index (χ3n) is 4.00. The summed E-state index contributed by atoms with van der Waals surface area (Å²) >= 11 is 3.44. The Morgan fingerprint density at radius 2 is 1.69 bits per heavy atom. The summed E-state index contributed by atoms with van der Waals surface area (Å²) in [6.45, 7) is 9.18. The molecule has 0 heterocycles. The summed E-state index contributed by atoms with van der Waals surface area (Å²) in [6, 6.07) is 13.1. The van der Waals surface area contributed by atoms with Gasteiger partial charge < -0.3 is 14.8 Å². The maximum absolute atomic E-state index is 12.7. The lowest BCUT2D eigenvalue weighted by molar-refractivity contribution is 0.0924. The van der Waals surface area contributed by atoms with Gasteiger partial charge in [-0.1, -0.05) is 32.0 Å². The average Bonchev–Trinajstić information content (AvgIpc) is 2.61. The number of rotatable bonds is 8. The molecule has 0 spiro atoms. The van der Waals surface area contributed by atoms with Gasteiger partial charge in [0.1, 0.15) is 0 Å². The second kappa shape index (κ2) is 9.62. The van der Waals surface area contributed by atoms with Crippen LogP contribution in [-0.2, 0) is 0 Å². The van der Waals surface area contributed by atoms with Crippen molar-refractivity contribution in [2.45, 2.75) is 33.7 Å². The normalized spacial score (nSPS) is 11.9. The summed E-state index contributed by atoms with van der Waals surface area (Å²) in [5.41, 5.74) is 1.61. The highest BCUT2D eigenvalue weighted by Crippen LogP contribution is 2.33. The molecule has 2 rings (SSSR count). The van der Waals surface area contributed by atoms with E-state index in [0.717, 1.165) is 15.8 Å². The Bertz CT molecular complexity index is 746. The Morgan fingerprint density at radius 1 is 1.04 bits per heavy atom. The van der Waals surface area contributed by atoms with Gasteiger partial charge in [0.15, 0.2) is 11.5 Å². The fourth-order valence-electron chi connectivity index (χ4n) is 2.76. The molecule has 0 aromatic heterocycles. The highest BCUT2D eigenvalue weighted by molar-refractivity contribution is 9.10. The van der Waals surface area contributed by atoms with Crippen molar-refractivity contribution in [1.82, 2.24) is 5.32 Å². The Labute approximate surface area is 164 Å². The van der Waals surface area contributed by atoms with Crippen molar-refractivity contribution in [1.29, 1.82) is 0 Å². The number of carbonyl (C=O) groups excluding carboxylic acids is 1. The maximum Gasteiger partial charge on any atom is 0.252 e. The molecular formula is C21H26BrNO3. The minimum Gasteiger partial charge on any atom is -0.490 e. The predicted molar refractivity (Wildman–Crippen MR) is 108 cm³/mol. The first-order valence-corrected chi connectivity index (χ1v) is 9.72. The van der Waals surface area contributed by atoms with E-state index in [2.05, 4.69) is 35.1 Å². The molecule has 0 fully saturated rings. The SMILES string of the molecule is CCOc1ccc(C(NC(=O)c2ccccc2Br)C(C)C)cc1OCC. The number of amides is 1. The van der Waals surface area contributed by atoms with Crippen LogP contribution in [0.4, 0.5) is 0 Å². The van der Waals surface area contributed by atoms with E-state index in [9.17, 15) is 4.79 Å². The zero-order valence-corrected chi connectivity index (χ0v) is 17.3. The quantitative estimate of drug-likeness (QED) is 0.624. The zero-order valence-electron chi connectivity index (χ0n) is 15.7. The molecule has 1 amide bonds. The molecule has 1 N–H and O–H groups in total. The first-order valence-electron chi connectivity index (χ1n) is 8.92. The Morgan fingerprint density at radius 3 is 2.31 bits per heavy atom. The van der Waals surface area contributed by atoms with Crippen LogP contribution in [0.3, 0.4) is 0 Å². The molecule has 0 radical (unpaired) electrons. The van der Waals surface area contributed by atoms with Crippen molar-refractivity contribution in [2.24, 2.45) is 5.92 Å². The minimum absolute atomic E-state index is 0.108. The molecule has 1 atom stereocenters. The molecule has 2 aromatic carbocycles. The fourth-order valence-corrected chi connectivity index (χ4v) is 3.23. The second-order valence-electron chi connectivity index (χ2n) is 6.25. The first-order chi connectivity index (χ1) is 12.5. The highest BCUT2D eigenvalue weighted by atomic mass is 79.9. The molecule has 1 unspecified atom stereocenters. The molecule has 0 bridgehead atoms. The van der Waals surface area contributed by atoms with Gasteiger partial charge in [0.2, 0.25) is 0 Å². The molecule has 0 saturated heterocycles. The maximum atomic E-state index is 12.7. The summed E-state index contributed by atoms with van der Waals surface area (Å²) in [5.74, 6) is 1.53. The van der Waals surface area contributed by atoms with Crippen LogP contribution in [0.25, 0.3) is 0 Å². The van der Waals surface area contributed by atoms with Crippen molar-refractivity contribution in [3.63, 3.8) is 0 Å². The van der Waals surface area contributed by atoms with Crippen LogP contribution in [0, 0.1) is 5.92 Å². The summed E-state index contributed by atoms with van der Waals surface area (Å²) < 4.78 is 12.1. The molecule has 5 heteroatoms. The van der Waals surface area contributed by atoms with Gasteiger partial charge >= 0.3 is 0 Å². The Balaban J connectivity index is 2.30. The van der Waals surface area contributed by atoms with Gasteiger partial charge in [0.25, 0.3) is 5.91 Å². The van der Waals surface area contributed by atoms with Gasteiger partial charge in [-0.05, 0) is 65.5 Å². The lowest BCUT2D eigenvalue weighted by Crippen LogP contribution is -2.32. The van der Waals surface area contributed by atoms with Crippen molar-refractivity contribution >= 4 is 21.8 Å². The number of hydrogen-bond donors (Lipinski definition) is 1. The van der Waals surface area contributed by atoms with E-state index in [-0.39, 0.29) is 17.9 Å². The number of nitrogens with one attached hydrogen (secondary N) is 1. The number of benzene rings is 2. The number of halogens is 1. The van der Waals surface area contributed by atoms with Crippen molar-refractivity contribution in [2.75, 3.05) is 13.2 Å². The van der Waals surface area contributed by atoms with Crippen LogP contribution in [0.2, 0.25) is 0 Å². The van der Waals surface area contributed by atoms with Gasteiger partial charge in [0.05, 0.1) is 24.8 Å². The molecule has 0 aliphatic carbocycles. The molecule has 0 aliphatic rings. The summed E-state index contributed by atoms with van der Waals surface area (Å²) in [7, 11) is 0. The van der Waals surface area contributed by atoms with E-state index in [1.54, 1.807) is 6.07 Å². The smallest absolute Gasteiger partial charge is 0.252 e. The average molecular weight is 420 g/mol. The molecular weight excluding hydrogens is 394 g/mol. The van der Waals surface area contributed by atoms with Crippen LogP contribution in [0.5, 0.6) is 11.5 Å². The lowest BCUT2D eigenvalue weighted by atomic mass is 9.95. The lowest BCUT2D eigenvalue weighted by Gasteiger charge is -2.24. The first kappa shape index (κ1) is 20.3. The van der Waals surface area contributed by atoms with Gasteiger partial charge in [-0.3, -0.25) is 4.79 Å². The summed E-state index contributed by atoms with van der Waals surface area (Å²) in [6.07, 6.45) is 0.